The molecule has 0 aliphatic heterocycles. The van der Waals surface area contributed by atoms with Gasteiger partial charge in [0.15, 0.2) is 0 Å². The maximum atomic E-state index is 12.1. The fraction of sp³-hybridized carbons (Fsp3) is 0.571. The Labute approximate surface area is 108 Å². The Morgan fingerprint density at radius 3 is 3.00 bits per heavy atom. The molecule has 2 rings (SSSR count). The van der Waals surface area contributed by atoms with Gasteiger partial charge in [0.25, 0.3) is 5.91 Å². The average molecular weight is 247 g/mol. The monoisotopic (exact) mass is 247 g/mol. The van der Waals surface area contributed by atoms with Crippen LogP contribution in [0.5, 0.6) is 0 Å². The second-order valence-electron chi connectivity index (χ2n) is 5.25. The second-order valence-corrected chi connectivity index (χ2v) is 5.25. The van der Waals surface area contributed by atoms with Crippen molar-refractivity contribution in [1.82, 2.24) is 10.3 Å². The number of nitrogens with two attached hydrogens (primary N) is 1. The molecule has 3 N–H and O–H groups in total. The standard InChI is InChI=1S/C14H21N3O/c1-10-3-2-4-11(6-5-10)17-14(18)12-7-8-16-9-13(12)15/h7-11H,2-6,15H2,1H3,(H,17,18). The van der Waals surface area contributed by atoms with Gasteiger partial charge in [0.2, 0.25) is 0 Å². The van der Waals surface area contributed by atoms with E-state index >= 15 is 0 Å². The lowest BCUT2D eigenvalue weighted by Crippen LogP contribution is -2.34. The SMILES string of the molecule is CC1CCCC(NC(=O)c2ccncc2N)CC1. The molecule has 0 radical (unpaired) electrons. The number of rotatable bonds is 2. The summed E-state index contributed by atoms with van der Waals surface area (Å²) in [6.07, 6.45) is 8.90. The summed E-state index contributed by atoms with van der Waals surface area (Å²) in [7, 11) is 0. The van der Waals surface area contributed by atoms with E-state index in [1.165, 1.54) is 25.5 Å². The predicted octanol–water partition coefficient (Wildman–Crippen LogP) is 2.36. The van der Waals surface area contributed by atoms with E-state index in [2.05, 4.69) is 17.2 Å². The molecule has 1 aromatic rings. The lowest BCUT2D eigenvalue weighted by atomic mass is 10.0. The predicted molar refractivity (Wildman–Crippen MR) is 72.2 cm³/mol. The summed E-state index contributed by atoms with van der Waals surface area (Å²) in [5, 5.41) is 3.09. The van der Waals surface area contributed by atoms with Gasteiger partial charge in [0, 0.05) is 12.2 Å². The first kappa shape index (κ1) is 12.9. The number of carbonyl (C=O) groups is 1. The van der Waals surface area contributed by atoms with E-state index in [0.29, 0.717) is 11.3 Å². The Balaban J connectivity index is 1.97. The fourth-order valence-corrected chi connectivity index (χ4v) is 2.51. The molecule has 1 fully saturated rings. The Kier molecular flexibility index (Phi) is 4.18. The molecule has 1 heterocycles. The summed E-state index contributed by atoms with van der Waals surface area (Å²) >= 11 is 0. The average Bonchev–Trinajstić information content (AvgIpc) is 2.55. The van der Waals surface area contributed by atoms with Crippen molar-refractivity contribution in [3.63, 3.8) is 0 Å². The molecule has 98 valence electrons. The molecule has 4 heteroatoms. The second kappa shape index (κ2) is 5.85. The minimum atomic E-state index is -0.0746. The summed E-state index contributed by atoms with van der Waals surface area (Å²) in [6, 6.07) is 1.96. The van der Waals surface area contributed by atoms with Crippen LogP contribution in [0, 0.1) is 5.92 Å². The smallest absolute Gasteiger partial charge is 0.253 e. The van der Waals surface area contributed by atoms with Crippen LogP contribution < -0.4 is 11.1 Å². The summed E-state index contributed by atoms with van der Waals surface area (Å²) in [5.74, 6) is 0.701. The van der Waals surface area contributed by atoms with Crippen LogP contribution in [-0.4, -0.2) is 16.9 Å². The van der Waals surface area contributed by atoms with Crippen LogP contribution in [0.2, 0.25) is 0 Å². The highest BCUT2D eigenvalue weighted by Crippen LogP contribution is 2.23. The van der Waals surface area contributed by atoms with Crippen molar-refractivity contribution >= 4 is 11.6 Å². The number of nitrogens with zero attached hydrogens (tertiary/aromatic N) is 1. The van der Waals surface area contributed by atoms with Gasteiger partial charge < -0.3 is 11.1 Å². The lowest BCUT2D eigenvalue weighted by molar-refractivity contribution is 0.0934. The van der Waals surface area contributed by atoms with E-state index in [0.717, 1.165) is 18.8 Å². The molecular formula is C14H21N3O. The summed E-state index contributed by atoms with van der Waals surface area (Å²) < 4.78 is 0. The largest absolute Gasteiger partial charge is 0.397 e. The maximum Gasteiger partial charge on any atom is 0.253 e. The number of nitrogens with one attached hydrogen (secondary N) is 1. The van der Waals surface area contributed by atoms with Crippen molar-refractivity contribution < 1.29 is 4.79 Å². The van der Waals surface area contributed by atoms with Crippen LogP contribution in [0.25, 0.3) is 0 Å². The molecule has 0 bridgehead atoms. The van der Waals surface area contributed by atoms with E-state index in [1.807, 2.05) is 0 Å². The Hall–Kier alpha value is -1.58. The molecule has 4 nitrogen and oxygen atoms in total. The van der Waals surface area contributed by atoms with E-state index in [4.69, 9.17) is 5.73 Å². The van der Waals surface area contributed by atoms with Gasteiger partial charge in [0.1, 0.15) is 0 Å². The molecule has 1 aliphatic carbocycles. The van der Waals surface area contributed by atoms with Crippen molar-refractivity contribution in [2.75, 3.05) is 5.73 Å². The number of pyridine rings is 1. The molecule has 1 saturated carbocycles. The number of hydrogen-bond donors (Lipinski definition) is 2. The van der Waals surface area contributed by atoms with Crippen molar-refractivity contribution in [3.05, 3.63) is 24.0 Å². The van der Waals surface area contributed by atoms with Crippen molar-refractivity contribution in [2.45, 2.75) is 45.1 Å². The topological polar surface area (TPSA) is 68.0 Å². The van der Waals surface area contributed by atoms with E-state index in [-0.39, 0.29) is 11.9 Å². The third kappa shape index (κ3) is 3.22. The summed E-state index contributed by atoms with van der Waals surface area (Å²) in [6.45, 7) is 2.28. The van der Waals surface area contributed by atoms with Crippen LogP contribution in [0.3, 0.4) is 0 Å². The van der Waals surface area contributed by atoms with Crippen LogP contribution in [0.15, 0.2) is 18.5 Å². The highest BCUT2D eigenvalue weighted by molar-refractivity contribution is 5.98. The third-order valence-electron chi connectivity index (χ3n) is 3.69. The van der Waals surface area contributed by atoms with E-state index in [1.54, 1.807) is 12.3 Å². The molecule has 0 aromatic carbocycles. The summed E-state index contributed by atoms with van der Waals surface area (Å²) in [4.78, 5) is 16.0. The van der Waals surface area contributed by atoms with Gasteiger partial charge in [-0.1, -0.05) is 19.8 Å². The number of carbonyl (C=O) groups excluding carboxylic acids is 1. The highest BCUT2D eigenvalue weighted by Gasteiger charge is 2.19. The highest BCUT2D eigenvalue weighted by atomic mass is 16.1. The lowest BCUT2D eigenvalue weighted by Gasteiger charge is -2.17. The van der Waals surface area contributed by atoms with Crippen LogP contribution in [0.1, 0.15) is 49.4 Å². The summed E-state index contributed by atoms with van der Waals surface area (Å²) in [5.41, 5.74) is 6.73. The Morgan fingerprint density at radius 2 is 2.22 bits per heavy atom. The molecule has 0 spiro atoms. The first-order chi connectivity index (χ1) is 8.66. The van der Waals surface area contributed by atoms with Gasteiger partial charge in [0.05, 0.1) is 17.4 Å². The third-order valence-corrected chi connectivity index (χ3v) is 3.69. The Bertz CT molecular complexity index is 419. The van der Waals surface area contributed by atoms with Gasteiger partial charge in [-0.3, -0.25) is 9.78 Å². The van der Waals surface area contributed by atoms with Crippen LogP contribution in [0.4, 0.5) is 5.69 Å². The van der Waals surface area contributed by atoms with Crippen molar-refractivity contribution in [1.29, 1.82) is 0 Å². The van der Waals surface area contributed by atoms with Crippen molar-refractivity contribution in [3.8, 4) is 0 Å². The van der Waals surface area contributed by atoms with Gasteiger partial charge in [-0.2, -0.15) is 0 Å². The first-order valence-electron chi connectivity index (χ1n) is 6.67. The molecule has 1 aliphatic rings. The molecule has 2 atom stereocenters. The van der Waals surface area contributed by atoms with Gasteiger partial charge >= 0.3 is 0 Å². The quantitative estimate of drug-likeness (QED) is 0.788. The van der Waals surface area contributed by atoms with E-state index in [9.17, 15) is 4.79 Å². The molecule has 1 amide bonds. The number of aromatic nitrogens is 1. The molecular weight excluding hydrogens is 226 g/mol. The van der Waals surface area contributed by atoms with Crippen LogP contribution >= 0.6 is 0 Å². The Morgan fingerprint density at radius 1 is 1.39 bits per heavy atom. The number of hydrogen-bond acceptors (Lipinski definition) is 3. The fourth-order valence-electron chi connectivity index (χ4n) is 2.51. The normalized spacial score (nSPS) is 24.3. The zero-order chi connectivity index (χ0) is 13.0. The van der Waals surface area contributed by atoms with Crippen LogP contribution in [-0.2, 0) is 0 Å². The minimum absolute atomic E-state index is 0.0746. The van der Waals surface area contributed by atoms with Gasteiger partial charge in [-0.25, -0.2) is 0 Å². The minimum Gasteiger partial charge on any atom is -0.397 e. The van der Waals surface area contributed by atoms with Crippen molar-refractivity contribution in [2.24, 2.45) is 5.92 Å². The van der Waals surface area contributed by atoms with E-state index < -0.39 is 0 Å². The van der Waals surface area contributed by atoms with Gasteiger partial charge in [-0.15, -0.1) is 0 Å². The molecule has 1 aromatic heterocycles. The number of anilines is 1. The van der Waals surface area contributed by atoms with Gasteiger partial charge in [-0.05, 0) is 31.2 Å². The zero-order valence-electron chi connectivity index (χ0n) is 10.9. The molecule has 2 unspecified atom stereocenters. The first-order valence-corrected chi connectivity index (χ1v) is 6.67. The maximum absolute atomic E-state index is 12.1. The molecule has 18 heavy (non-hydrogen) atoms. The number of nitrogen functional groups attached to an aromatic ring is 1. The molecule has 0 saturated heterocycles. The number of amides is 1. The zero-order valence-corrected chi connectivity index (χ0v) is 10.9.